The predicted octanol–water partition coefficient (Wildman–Crippen LogP) is 4.32. The van der Waals surface area contributed by atoms with Gasteiger partial charge in [-0.2, -0.15) is 0 Å². The molecule has 2 atom stereocenters. The number of hydrogen-bond acceptors (Lipinski definition) is 6. The van der Waals surface area contributed by atoms with Gasteiger partial charge in [0.25, 0.3) is 0 Å². The lowest BCUT2D eigenvalue weighted by atomic mass is 9.98. The van der Waals surface area contributed by atoms with Gasteiger partial charge in [0.1, 0.15) is 5.82 Å². The number of fused-ring (bicyclic) bond motifs is 1. The van der Waals surface area contributed by atoms with E-state index < -0.39 is 0 Å². The largest absolute Gasteiger partial charge is 0.393 e. The summed E-state index contributed by atoms with van der Waals surface area (Å²) in [6.45, 7) is 8.21. The summed E-state index contributed by atoms with van der Waals surface area (Å²) in [5.41, 5.74) is 3.27. The van der Waals surface area contributed by atoms with Crippen LogP contribution in [0.4, 0.5) is 5.82 Å². The lowest BCUT2D eigenvalue weighted by Gasteiger charge is -2.35. The number of hydrogen-bond donors (Lipinski definition) is 1. The van der Waals surface area contributed by atoms with E-state index in [-0.39, 0.29) is 12.2 Å². The zero-order valence-electron chi connectivity index (χ0n) is 17.5. The molecule has 0 aliphatic carbocycles. The van der Waals surface area contributed by atoms with E-state index in [9.17, 15) is 5.11 Å². The van der Waals surface area contributed by atoms with Crippen LogP contribution in [-0.4, -0.2) is 60.4 Å². The third-order valence-electron chi connectivity index (χ3n) is 6.37. The van der Waals surface area contributed by atoms with E-state index in [1.54, 1.807) is 11.3 Å². The highest BCUT2D eigenvalue weighted by Crippen LogP contribution is 2.35. The van der Waals surface area contributed by atoms with Crippen molar-refractivity contribution in [3.05, 3.63) is 47.3 Å². The third-order valence-corrected chi connectivity index (χ3v) is 7.30. The molecule has 0 amide bonds. The van der Waals surface area contributed by atoms with E-state index in [1.807, 2.05) is 0 Å². The van der Waals surface area contributed by atoms with E-state index in [1.165, 1.54) is 10.1 Å². The van der Waals surface area contributed by atoms with E-state index in [2.05, 4.69) is 58.5 Å². The summed E-state index contributed by atoms with van der Waals surface area (Å²) in [5.74, 6) is 1.12. The van der Waals surface area contributed by atoms with Crippen LogP contribution in [0.25, 0.3) is 21.3 Å². The number of aromatic nitrogens is 1. The van der Waals surface area contributed by atoms with Crippen molar-refractivity contribution >= 4 is 27.2 Å². The Bertz CT molecular complexity index is 995. The number of thiophene rings is 1. The normalized spacial score (nSPS) is 23.2. The molecule has 1 N–H and O–H groups in total. The zero-order chi connectivity index (χ0) is 20.5. The van der Waals surface area contributed by atoms with Gasteiger partial charge in [0.05, 0.1) is 22.6 Å². The maximum atomic E-state index is 9.94. The molecule has 2 aliphatic rings. The van der Waals surface area contributed by atoms with Crippen LogP contribution in [0.1, 0.15) is 31.4 Å². The highest BCUT2D eigenvalue weighted by Gasteiger charge is 2.23. The Labute approximate surface area is 181 Å². The predicted molar refractivity (Wildman–Crippen MR) is 123 cm³/mol. The molecule has 158 valence electrons. The van der Waals surface area contributed by atoms with Gasteiger partial charge in [-0.1, -0.05) is 31.2 Å². The lowest BCUT2D eigenvalue weighted by Crippen LogP contribution is -2.46. The van der Waals surface area contributed by atoms with E-state index in [4.69, 9.17) is 9.72 Å². The van der Waals surface area contributed by atoms with Crippen molar-refractivity contribution < 1.29 is 9.84 Å². The topological polar surface area (TPSA) is 48.8 Å². The number of nitrogens with zero attached hydrogens (tertiary/aromatic N) is 3. The molecule has 2 fully saturated rings. The van der Waals surface area contributed by atoms with Gasteiger partial charge in [-0.05, 0) is 41.4 Å². The van der Waals surface area contributed by atoms with Crippen molar-refractivity contribution in [2.24, 2.45) is 0 Å². The number of anilines is 1. The number of rotatable bonds is 4. The molecule has 2 saturated heterocycles. The Balaban J connectivity index is 1.43. The average Bonchev–Trinajstić information content (AvgIpc) is 3.27. The quantitative estimate of drug-likeness (QED) is 0.677. The molecule has 1 aromatic carbocycles. The van der Waals surface area contributed by atoms with Crippen molar-refractivity contribution in [3.8, 4) is 11.3 Å². The molecule has 6 heteroatoms. The first-order valence-corrected chi connectivity index (χ1v) is 11.8. The summed E-state index contributed by atoms with van der Waals surface area (Å²) in [6.07, 6.45) is 1.13. The Morgan fingerprint density at radius 1 is 1.13 bits per heavy atom. The van der Waals surface area contributed by atoms with Gasteiger partial charge in [0.15, 0.2) is 0 Å². The number of likely N-dealkylation sites (N-methyl/N-ethyl adjacent to an activating group) is 1. The van der Waals surface area contributed by atoms with Crippen molar-refractivity contribution in [1.29, 1.82) is 0 Å². The highest BCUT2D eigenvalue weighted by molar-refractivity contribution is 7.17. The van der Waals surface area contributed by atoms with Crippen LogP contribution in [0, 0.1) is 0 Å². The van der Waals surface area contributed by atoms with Crippen molar-refractivity contribution in [3.63, 3.8) is 0 Å². The summed E-state index contributed by atoms with van der Waals surface area (Å²) >= 11 is 1.78. The summed E-state index contributed by atoms with van der Waals surface area (Å²) in [5, 5.41) is 13.4. The smallest absolute Gasteiger partial charge is 0.147 e. The fourth-order valence-corrected chi connectivity index (χ4v) is 5.37. The van der Waals surface area contributed by atoms with Crippen LogP contribution in [0.3, 0.4) is 0 Å². The van der Waals surface area contributed by atoms with Crippen molar-refractivity contribution in [2.45, 2.75) is 32.0 Å². The maximum absolute atomic E-state index is 9.94. The summed E-state index contributed by atoms with van der Waals surface area (Å²) < 4.78 is 7.14. The van der Waals surface area contributed by atoms with E-state index in [0.29, 0.717) is 13.0 Å². The SMILES string of the molecule is CCN1CCN(c2nc(-c3ccc([C@H]4C[C@@H](O)CCO4)cc3)cc3ccsc23)CC1. The number of benzene rings is 1. The number of ether oxygens (including phenoxy) is 1. The molecule has 3 aromatic rings. The number of aliphatic hydroxyl groups is 1. The van der Waals surface area contributed by atoms with Crippen molar-refractivity contribution in [1.82, 2.24) is 9.88 Å². The third kappa shape index (κ3) is 3.97. The van der Waals surface area contributed by atoms with E-state index >= 15 is 0 Å². The second-order valence-electron chi connectivity index (χ2n) is 8.25. The first-order valence-electron chi connectivity index (χ1n) is 11.0. The molecule has 4 heterocycles. The molecule has 0 bridgehead atoms. The number of pyridine rings is 1. The number of aliphatic hydroxyl groups excluding tert-OH is 1. The van der Waals surface area contributed by atoms with E-state index in [0.717, 1.165) is 61.8 Å². The van der Waals surface area contributed by atoms with Crippen LogP contribution in [-0.2, 0) is 4.74 Å². The van der Waals surface area contributed by atoms with Crippen LogP contribution in [0.15, 0.2) is 41.8 Å². The number of piperazine rings is 1. The first kappa shape index (κ1) is 19.9. The minimum atomic E-state index is -0.262. The minimum absolute atomic E-state index is 0.0134. The molecule has 30 heavy (non-hydrogen) atoms. The molecule has 0 spiro atoms. The second kappa shape index (κ2) is 8.63. The van der Waals surface area contributed by atoms with Gasteiger partial charge < -0.3 is 19.6 Å². The average molecular weight is 424 g/mol. The summed E-state index contributed by atoms with van der Waals surface area (Å²) in [7, 11) is 0. The zero-order valence-corrected chi connectivity index (χ0v) is 18.3. The molecule has 2 aromatic heterocycles. The Hall–Kier alpha value is -1.99. The summed E-state index contributed by atoms with van der Waals surface area (Å²) in [4.78, 5) is 10.1. The van der Waals surface area contributed by atoms with Gasteiger partial charge in [-0.15, -0.1) is 11.3 Å². The fraction of sp³-hybridized carbons (Fsp3) is 0.458. The molecule has 2 aliphatic heterocycles. The standard InChI is InChI=1S/C24H29N3O2S/c1-2-26-9-11-27(12-10-26)24-23-19(8-14-30-23)15-21(25-24)17-3-5-18(6-4-17)22-16-20(28)7-13-29-22/h3-6,8,14-15,20,22,28H,2,7,9-13,16H2,1H3/t20-,22+/m0/s1. The molecule has 0 unspecified atom stereocenters. The van der Waals surface area contributed by atoms with Crippen LogP contribution < -0.4 is 4.90 Å². The van der Waals surface area contributed by atoms with Crippen LogP contribution in [0.5, 0.6) is 0 Å². The summed E-state index contributed by atoms with van der Waals surface area (Å²) in [6, 6.07) is 12.9. The monoisotopic (exact) mass is 423 g/mol. The van der Waals surface area contributed by atoms with Crippen LogP contribution in [0.2, 0.25) is 0 Å². The van der Waals surface area contributed by atoms with Crippen LogP contribution >= 0.6 is 11.3 Å². The molecular formula is C24H29N3O2S. The van der Waals surface area contributed by atoms with Crippen molar-refractivity contribution in [2.75, 3.05) is 44.2 Å². The molecule has 0 saturated carbocycles. The fourth-order valence-electron chi connectivity index (χ4n) is 4.48. The van der Waals surface area contributed by atoms with Gasteiger partial charge in [0.2, 0.25) is 0 Å². The van der Waals surface area contributed by atoms with Gasteiger partial charge in [0, 0.05) is 44.8 Å². The Kier molecular flexibility index (Phi) is 5.74. The lowest BCUT2D eigenvalue weighted by molar-refractivity contribution is -0.0447. The van der Waals surface area contributed by atoms with Gasteiger partial charge in [-0.25, -0.2) is 4.98 Å². The second-order valence-corrected chi connectivity index (χ2v) is 9.17. The maximum Gasteiger partial charge on any atom is 0.147 e. The molecular weight excluding hydrogens is 394 g/mol. The molecule has 0 radical (unpaired) electrons. The molecule has 5 rings (SSSR count). The first-order chi connectivity index (χ1) is 14.7. The van der Waals surface area contributed by atoms with Gasteiger partial charge in [-0.3, -0.25) is 0 Å². The Morgan fingerprint density at radius 2 is 1.93 bits per heavy atom. The highest BCUT2D eigenvalue weighted by atomic mass is 32.1. The minimum Gasteiger partial charge on any atom is -0.393 e. The van der Waals surface area contributed by atoms with Gasteiger partial charge >= 0.3 is 0 Å². The Morgan fingerprint density at radius 3 is 2.67 bits per heavy atom. The molecule has 5 nitrogen and oxygen atoms in total.